The summed E-state index contributed by atoms with van der Waals surface area (Å²) in [5.74, 6) is 1.05. The molecule has 154 valence electrons. The van der Waals surface area contributed by atoms with Crippen molar-refractivity contribution in [2.24, 2.45) is 5.10 Å². The van der Waals surface area contributed by atoms with E-state index in [-0.39, 0.29) is 0 Å². The number of benzene rings is 3. The topological polar surface area (TPSA) is 88.1 Å². The summed E-state index contributed by atoms with van der Waals surface area (Å²) in [7, 11) is -1.91. The van der Waals surface area contributed by atoms with Crippen LogP contribution in [0.4, 0.5) is 5.69 Å². The van der Waals surface area contributed by atoms with Gasteiger partial charge in [-0.05, 0) is 66.2 Å². The lowest BCUT2D eigenvalue weighted by atomic mass is 10.2. The number of hydrazone groups is 1. The van der Waals surface area contributed by atoms with E-state index in [1.807, 2.05) is 54.6 Å². The van der Waals surface area contributed by atoms with Crippen LogP contribution in [0, 0.1) is 0 Å². The average Bonchev–Trinajstić information content (AvgIpc) is 2.74. The minimum atomic E-state index is -3.35. The van der Waals surface area contributed by atoms with E-state index in [9.17, 15) is 13.2 Å². The zero-order valence-electron chi connectivity index (χ0n) is 16.5. The van der Waals surface area contributed by atoms with Gasteiger partial charge < -0.3 is 4.74 Å². The van der Waals surface area contributed by atoms with Gasteiger partial charge in [-0.2, -0.15) is 5.10 Å². The Kier molecular flexibility index (Phi) is 6.48. The largest absolute Gasteiger partial charge is 0.457 e. The van der Waals surface area contributed by atoms with Gasteiger partial charge in [-0.25, -0.2) is 13.8 Å². The Balaban J connectivity index is 1.56. The normalized spacial score (nSPS) is 11.3. The summed E-state index contributed by atoms with van der Waals surface area (Å²) in [4.78, 5) is 12.2. The maximum atomic E-state index is 12.2. The van der Waals surface area contributed by atoms with E-state index in [2.05, 4.69) is 10.5 Å². The summed E-state index contributed by atoms with van der Waals surface area (Å²) in [5, 5.41) is 3.96. The van der Waals surface area contributed by atoms with Gasteiger partial charge >= 0.3 is 0 Å². The molecule has 0 bridgehead atoms. The number of hydrogen-bond acceptors (Lipinski definition) is 5. The molecule has 30 heavy (non-hydrogen) atoms. The molecular weight excluding hydrogens is 402 g/mol. The van der Waals surface area contributed by atoms with Crippen LogP contribution in [-0.2, 0) is 10.0 Å². The maximum absolute atomic E-state index is 12.2. The Morgan fingerprint density at radius 2 is 1.53 bits per heavy atom. The van der Waals surface area contributed by atoms with Gasteiger partial charge in [0.2, 0.25) is 10.0 Å². The van der Waals surface area contributed by atoms with Crippen LogP contribution in [0.5, 0.6) is 11.5 Å². The van der Waals surface area contributed by atoms with Crippen molar-refractivity contribution in [3.63, 3.8) is 0 Å². The SMILES string of the molecule is CN(c1ccc(C(=O)N/N=C\c2ccc(Oc3ccccc3)cc2)cc1)S(C)(=O)=O. The number of nitrogens with zero attached hydrogens (tertiary/aromatic N) is 2. The Labute approximate surface area is 175 Å². The van der Waals surface area contributed by atoms with Gasteiger partial charge in [-0.3, -0.25) is 9.10 Å². The van der Waals surface area contributed by atoms with Crippen LogP contribution in [0.15, 0.2) is 84.0 Å². The molecule has 0 spiro atoms. The first-order valence-corrected chi connectivity index (χ1v) is 10.9. The van der Waals surface area contributed by atoms with Gasteiger partial charge in [0.15, 0.2) is 0 Å². The van der Waals surface area contributed by atoms with Gasteiger partial charge in [0.25, 0.3) is 5.91 Å². The highest BCUT2D eigenvalue weighted by Gasteiger charge is 2.12. The van der Waals surface area contributed by atoms with E-state index in [0.717, 1.165) is 21.9 Å². The second-order valence-corrected chi connectivity index (χ2v) is 8.47. The molecule has 0 unspecified atom stereocenters. The monoisotopic (exact) mass is 423 g/mol. The summed E-state index contributed by atoms with van der Waals surface area (Å²) in [6, 6.07) is 22.9. The van der Waals surface area contributed by atoms with Crippen LogP contribution >= 0.6 is 0 Å². The summed E-state index contributed by atoms with van der Waals surface area (Å²) < 4.78 is 30.0. The van der Waals surface area contributed by atoms with Crippen LogP contribution in [0.1, 0.15) is 15.9 Å². The molecule has 0 aliphatic rings. The smallest absolute Gasteiger partial charge is 0.271 e. The molecule has 0 saturated carbocycles. The second-order valence-electron chi connectivity index (χ2n) is 6.46. The minimum absolute atomic E-state index is 0.365. The molecule has 3 aromatic carbocycles. The number of para-hydroxylation sites is 1. The van der Waals surface area contributed by atoms with E-state index in [4.69, 9.17) is 4.74 Å². The second kappa shape index (κ2) is 9.23. The molecule has 8 heteroatoms. The van der Waals surface area contributed by atoms with Crippen LogP contribution in [0.2, 0.25) is 0 Å². The number of sulfonamides is 1. The predicted molar refractivity (Wildman–Crippen MR) is 118 cm³/mol. The van der Waals surface area contributed by atoms with Crippen LogP contribution in [-0.4, -0.2) is 33.8 Å². The standard InChI is InChI=1S/C22H21N3O4S/c1-25(30(2,27)28)19-12-10-18(11-13-19)22(26)24-23-16-17-8-14-21(15-9-17)29-20-6-4-3-5-7-20/h3-16H,1-2H3,(H,24,26)/b23-16-. The third-order valence-electron chi connectivity index (χ3n) is 4.23. The van der Waals surface area contributed by atoms with Crippen molar-refractivity contribution in [3.8, 4) is 11.5 Å². The van der Waals surface area contributed by atoms with Gasteiger partial charge in [-0.15, -0.1) is 0 Å². The number of nitrogens with one attached hydrogen (secondary N) is 1. The zero-order chi connectivity index (χ0) is 21.6. The number of anilines is 1. The molecule has 0 aliphatic heterocycles. The van der Waals surface area contributed by atoms with E-state index in [1.165, 1.54) is 25.4 Å². The number of rotatable bonds is 7. The van der Waals surface area contributed by atoms with Gasteiger partial charge in [0.05, 0.1) is 18.2 Å². The molecular formula is C22H21N3O4S. The van der Waals surface area contributed by atoms with E-state index < -0.39 is 15.9 Å². The maximum Gasteiger partial charge on any atom is 0.271 e. The summed E-state index contributed by atoms with van der Waals surface area (Å²) >= 11 is 0. The number of carbonyl (C=O) groups is 1. The third-order valence-corrected chi connectivity index (χ3v) is 5.44. The molecule has 0 saturated heterocycles. The van der Waals surface area contributed by atoms with Crippen molar-refractivity contribution in [1.29, 1.82) is 0 Å². The predicted octanol–water partition coefficient (Wildman–Crippen LogP) is 3.64. The number of carbonyl (C=O) groups excluding carboxylic acids is 1. The van der Waals surface area contributed by atoms with Crippen molar-refractivity contribution in [2.45, 2.75) is 0 Å². The fourth-order valence-corrected chi connectivity index (χ4v) is 3.00. The highest BCUT2D eigenvalue weighted by atomic mass is 32.2. The van der Waals surface area contributed by atoms with E-state index in [0.29, 0.717) is 17.0 Å². The van der Waals surface area contributed by atoms with Crippen LogP contribution in [0.3, 0.4) is 0 Å². The molecule has 7 nitrogen and oxygen atoms in total. The van der Waals surface area contributed by atoms with Crippen molar-refractivity contribution in [2.75, 3.05) is 17.6 Å². The minimum Gasteiger partial charge on any atom is -0.457 e. The van der Waals surface area contributed by atoms with Crippen LogP contribution in [0.25, 0.3) is 0 Å². The van der Waals surface area contributed by atoms with Gasteiger partial charge in [0.1, 0.15) is 11.5 Å². The molecule has 0 radical (unpaired) electrons. The van der Waals surface area contributed by atoms with E-state index in [1.54, 1.807) is 12.1 Å². The molecule has 0 fully saturated rings. The molecule has 1 amide bonds. The Morgan fingerprint density at radius 3 is 2.13 bits per heavy atom. The third kappa shape index (κ3) is 5.68. The molecule has 0 aromatic heterocycles. The van der Waals surface area contributed by atoms with Gasteiger partial charge in [0, 0.05) is 12.6 Å². The summed E-state index contributed by atoms with van der Waals surface area (Å²) in [6.45, 7) is 0. The van der Waals surface area contributed by atoms with Gasteiger partial charge in [-0.1, -0.05) is 18.2 Å². The highest BCUT2D eigenvalue weighted by Crippen LogP contribution is 2.20. The summed E-state index contributed by atoms with van der Waals surface area (Å²) in [5.41, 5.74) is 4.07. The van der Waals surface area contributed by atoms with Crippen molar-refractivity contribution < 1.29 is 17.9 Å². The van der Waals surface area contributed by atoms with Crippen molar-refractivity contribution in [3.05, 3.63) is 90.0 Å². The molecule has 3 rings (SSSR count). The Bertz CT molecular complexity index is 1130. The summed E-state index contributed by atoms with van der Waals surface area (Å²) in [6.07, 6.45) is 2.64. The first-order valence-electron chi connectivity index (χ1n) is 9.03. The lowest BCUT2D eigenvalue weighted by molar-refractivity contribution is 0.0955. The fraction of sp³-hybridized carbons (Fsp3) is 0.0909. The lowest BCUT2D eigenvalue weighted by Crippen LogP contribution is -2.25. The molecule has 1 N–H and O–H groups in total. The molecule has 0 aliphatic carbocycles. The average molecular weight is 423 g/mol. The highest BCUT2D eigenvalue weighted by molar-refractivity contribution is 7.92. The molecule has 0 heterocycles. The Morgan fingerprint density at radius 1 is 0.933 bits per heavy atom. The van der Waals surface area contributed by atoms with Crippen LogP contribution < -0.4 is 14.5 Å². The van der Waals surface area contributed by atoms with E-state index >= 15 is 0 Å². The lowest BCUT2D eigenvalue weighted by Gasteiger charge is -2.16. The Hall–Kier alpha value is -3.65. The number of amides is 1. The van der Waals surface area contributed by atoms with Crippen molar-refractivity contribution in [1.82, 2.24) is 5.43 Å². The first-order chi connectivity index (χ1) is 14.3. The first kappa shape index (κ1) is 21.1. The number of ether oxygens (including phenoxy) is 1. The zero-order valence-corrected chi connectivity index (χ0v) is 17.3. The molecule has 3 aromatic rings. The number of hydrogen-bond donors (Lipinski definition) is 1. The molecule has 0 atom stereocenters. The quantitative estimate of drug-likeness (QED) is 0.464. The van der Waals surface area contributed by atoms with Crippen molar-refractivity contribution >= 4 is 27.8 Å². The fourth-order valence-electron chi connectivity index (χ4n) is 2.49.